The Labute approximate surface area is 126 Å². The third-order valence-corrected chi connectivity index (χ3v) is 4.77. The Morgan fingerprint density at radius 2 is 2.30 bits per heavy atom. The van der Waals surface area contributed by atoms with Crippen LogP contribution in [-0.2, 0) is 6.42 Å². The summed E-state index contributed by atoms with van der Waals surface area (Å²) in [4.78, 5) is 0. The molecule has 0 spiro atoms. The standard InChI is InChI=1S/C17H22ClNO/c1-3-13-5-4-8-17(10-13,12-19)11-14-9-15(18)6-7-16(14)20-2/h6-7,9,13H,3-5,8,10-11H2,1-2H3. The summed E-state index contributed by atoms with van der Waals surface area (Å²) < 4.78 is 5.42. The largest absolute Gasteiger partial charge is 0.496 e. The average Bonchev–Trinajstić information content (AvgIpc) is 2.47. The van der Waals surface area contributed by atoms with Crippen LogP contribution in [0.5, 0.6) is 5.75 Å². The Hall–Kier alpha value is -1.20. The van der Waals surface area contributed by atoms with E-state index in [0.717, 1.165) is 43.4 Å². The molecule has 2 nitrogen and oxygen atoms in total. The van der Waals surface area contributed by atoms with Crippen LogP contribution in [0.25, 0.3) is 0 Å². The second kappa shape index (κ2) is 6.50. The summed E-state index contributed by atoms with van der Waals surface area (Å²) in [6.07, 6.45) is 6.28. The normalized spacial score (nSPS) is 26.0. The lowest BCUT2D eigenvalue weighted by Crippen LogP contribution is -2.29. The van der Waals surface area contributed by atoms with Crippen LogP contribution < -0.4 is 4.74 Å². The molecule has 0 aliphatic heterocycles. The van der Waals surface area contributed by atoms with Gasteiger partial charge in [-0.2, -0.15) is 5.26 Å². The number of hydrogen-bond donors (Lipinski definition) is 0. The molecule has 1 aromatic carbocycles. The van der Waals surface area contributed by atoms with Crippen molar-refractivity contribution in [3.05, 3.63) is 28.8 Å². The van der Waals surface area contributed by atoms with E-state index in [1.807, 2.05) is 18.2 Å². The van der Waals surface area contributed by atoms with Crippen LogP contribution in [0.4, 0.5) is 0 Å². The number of benzene rings is 1. The molecule has 3 heteroatoms. The lowest BCUT2D eigenvalue weighted by Gasteiger charge is -2.36. The molecule has 2 unspecified atom stereocenters. The highest BCUT2D eigenvalue weighted by Gasteiger charge is 2.36. The van der Waals surface area contributed by atoms with Crippen LogP contribution >= 0.6 is 11.6 Å². The molecule has 108 valence electrons. The summed E-state index contributed by atoms with van der Waals surface area (Å²) in [7, 11) is 1.67. The minimum atomic E-state index is -0.253. The molecule has 2 atom stereocenters. The van der Waals surface area contributed by atoms with E-state index in [1.54, 1.807) is 7.11 Å². The van der Waals surface area contributed by atoms with E-state index in [9.17, 15) is 5.26 Å². The minimum absolute atomic E-state index is 0.253. The maximum atomic E-state index is 9.73. The molecule has 0 N–H and O–H groups in total. The van der Waals surface area contributed by atoms with E-state index >= 15 is 0 Å². The van der Waals surface area contributed by atoms with Gasteiger partial charge in [0.2, 0.25) is 0 Å². The molecule has 2 rings (SSSR count). The highest BCUT2D eigenvalue weighted by molar-refractivity contribution is 6.30. The van der Waals surface area contributed by atoms with Crippen LogP contribution in [-0.4, -0.2) is 7.11 Å². The first-order valence-corrected chi connectivity index (χ1v) is 7.74. The fraction of sp³-hybridized carbons (Fsp3) is 0.588. The van der Waals surface area contributed by atoms with Crippen LogP contribution in [0.3, 0.4) is 0 Å². The fourth-order valence-corrected chi connectivity index (χ4v) is 3.58. The second-order valence-corrected chi connectivity index (χ2v) is 6.33. The van der Waals surface area contributed by atoms with Gasteiger partial charge in [-0.25, -0.2) is 0 Å². The van der Waals surface area contributed by atoms with Gasteiger partial charge < -0.3 is 4.74 Å². The van der Waals surface area contributed by atoms with Crippen LogP contribution in [0, 0.1) is 22.7 Å². The smallest absolute Gasteiger partial charge is 0.122 e. The van der Waals surface area contributed by atoms with Gasteiger partial charge in [0.25, 0.3) is 0 Å². The first-order valence-electron chi connectivity index (χ1n) is 7.36. The molecular formula is C17H22ClNO. The topological polar surface area (TPSA) is 33.0 Å². The van der Waals surface area contributed by atoms with Gasteiger partial charge in [0.15, 0.2) is 0 Å². The van der Waals surface area contributed by atoms with E-state index in [-0.39, 0.29) is 5.41 Å². The molecular weight excluding hydrogens is 270 g/mol. The third kappa shape index (κ3) is 3.27. The molecule has 1 saturated carbocycles. The van der Waals surface area contributed by atoms with Crippen molar-refractivity contribution in [2.45, 2.75) is 45.4 Å². The zero-order valence-corrected chi connectivity index (χ0v) is 13.0. The van der Waals surface area contributed by atoms with E-state index in [2.05, 4.69) is 13.0 Å². The first-order chi connectivity index (χ1) is 9.62. The monoisotopic (exact) mass is 291 g/mol. The van der Waals surface area contributed by atoms with Crippen molar-refractivity contribution in [3.8, 4) is 11.8 Å². The molecule has 20 heavy (non-hydrogen) atoms. The number of ether oxygens (including phenoxy) is 1. The summed E-state index contributed by atoms with van der Waals surface area (Å²) in [6.45, 7) is 2.22. The number of halogens is 1. The number of hydrogen-bond acceptors (Lipinski definition) is 2. The van der Waals surface area contributed by atoms with Crippen molar-refractivity contribution in [3.63, 3.8) is 0 Å². The Morgan fingerprint density at radius 3 is 2.95 bits per heavy atom. The van der Waals surface area contributed by atoms with Gasteiger partial charge in [-0.1, -0.05) is 37.8 Å². The van der Waals surface area contributed by atoms with E-state index in [4.69, 9.17) is 16.3 Å². The Bertz CT molecular complexity index is 508. The molecule has 0 amide bonds. The van der Waals surface area contributed by atoms with Crippen LogP contribution in [0.2, 0.25) is 5.02 Å². The maximum Gasteiger partial charge on any atom is 0.122 e. The van der Waals surface area contributed by atoms with Crippen molar-refractivity contribution in [1.82, 2.24) is 0 Å². The summed E-state index contributed by atoms with van der Waals surface area (Å²) >= 11 is 6.10. The molecule has 0 radical (unpaired) electrons. The summed E-state index contributed by atoms with van der Waals surface area (Å²) in [6, 6.07) is 8.27. The van der Waals surface area contributed by atoms with Gasteiger partial charge in [0, 0.05) is 5.02 Å². The zero-order chi connectivity index (χ0) is 14.6. The Kier molecular flexibility index (Phi) is 4.94. The Balaban J connectivity index is 2.26. The molecule has 1 aliphatic rings. The maximum absolute atomic E-state index is 9.73. The second-order valence-electron chi connectivity index (χ2n) is 5.90. The quantitative estimate of drug-likeness (QED) is 0.782. The van der Waals surface area contributed by atoms with Gasteiger partial charge in [0.05, 0.1) is 18.6 Å². The van der Waals surface area contributed by atoms with Crippen molar-refractivity contribution >= 4 is 11.6 Å². The molecule has 0 heterocycles. The molecule has 0 saturated heterocycles. The van der Waals surface area contributed by atoms with Gasteiger partial charge in [0.1, 0.15) is 5.75 Å². The van der Waals surface area contributed by atoms with Crippen molar-refractivity contribution in [1.29, 1.82) is 5.26 Å². The first kappa shape index (κ1) is 15.2. The predicted molar refractivity (Wildman–Crippen MR) is 82.0 cm³/mol. The van der Waals surface area contributed by atoms with E-state index in [1.165, 1.54) is 6.42 Å². The molecule has 1 aliphatic carbocycles. The number of nitrogens with zero attached hydrogens (tertiary/aromatic N) is 1. The SMILES string of the molecule is CCC1CCCC(C#N)(Cc2cc(Cl)ccc2OC)C1. The van der Waals surface area contributed by atoms with Crippen molar-refractivity contribution in [2.75, 3.05) is 7.11 Å². The highest BCUT2D eigenvalue weighted by Crippen LogP contribution is 2.44. The van der Waals surface area contributed by atoms with E-state index in [0.29, 0.717) is 10.9 Å². The van der Waals surface area contributed by atoms with Crippen molar-refractivity contribution < 1.29 is 4.74 Å². The minimum Gasteiger partial charge on any atom is -0.496 e. The summed E-state index contributed by atoms with van der Waals surface area (Å²) in [5.41, 5.74) is 0.801. The number of methoxy groups -OCH3 is 1. The van der Waals surface area contributed by atoms with E-state index < -0.39 is 0 Å². The van der Waals surface area contributed by atoms with Gasteiger partial charge in [-0.3, -0.25) is 0 Å². The molecule has 0 bridgehead atoms. The number of nitriles is 1. The summed E-state index contributed by atoms with van der Waals surface area (Å²) in [5.74, 6) is 1.51. The number of rotatable bonds is 4. The van der Waals surface area contributed by atoms with Crippen LogP contribution in [0.1, 0.15) is 44.6 Å². The fourth-order valence-electron chi connectivity index (χ4n) is 3.39. The zero-order valence-electron chi connectivity index (χ0n) is 12.3. The Morgan fingerprint density at radius 1 is 1.50 bits per heavy atom. The highest BCUT2D eigenvalue weighted by atomic mass is 35.5. The molecule has 1 aromatic rings. The molecule has 0 aromatic heterocycles. The van der Waals surface area contributed by atoms with Gasteiger partial charge in [-0.15, -0.1) is 0 Å². The lowest BCUT2D eigenvalue weighted by molar-refractivity contribution is 0.193. The third-order valence-electron chi connectivity index (χ3n) is 4.53. The predicted octanol–water partition coefficient (Wildman–Crippen LogP) is 5.00. The van der Waals surface area contributed by atoms with Crippen LogP contribution in [0.15, 0.2) is 18.2 Å². The average molecular weight is 292 g/mol. The van der Waals surface area contributed by atoms with Crippen molar-refractivity contribution in [2.24, 2.45) is 11.3 Å². The van der Waals surface area contributed by atoms with Gasteiger partial charge >= 0.3 is 0 Å². The molecule has 1 fully saturated rings. The summed E-state index contributed by atoms with van der Waals surface area (Å²) in [5, 5.41) is 10.4. The lowest BCUT2D eigenvalue weighted by atomic mass is 9.67. The van der Waals surface area contributed by atoms with Gasteiger partial charge in [-0.05, 0) is 48.9 Å².